The zero-order chi connectivity index (χ0) is 20.4. The number of hydrogen-bond acceptors (Lipinski definition) is 3. The highest BCUT2D eigenvalue weighted by atomic mass is 28.3. The Morgan fingerprint density at radius 3 is 2.00 bits per heavy atom. The van der Waals surface area contributed by atoms with Crippen molar-refractivity contribution < 1.29 is 14.6 Å². The predicted molar refractivity (Wildman–Crippen MR) is 117 cm³/mol. The summed E-state index contributed by atoms with van der Waals surface area (Å²) in [5, 5.41) is 11.9. The van der Waals surface area contributed by atoms with Gasteiger partial charge in [0.25, 0.3) is 0 Å². The standard InChI is InChI=1S/C24H32O3Si/c1-18(2)22-23(26)21(17-24(22,3)27-16-15-25)28(4,19-11-7-5-8-12-19)20-13-9-6-10-14-20/h5-14,18,21-22,25H,15-17H2,1-4H3/t21-,22-,24+/m1/s1. The van der Waals surface area contributed by atoms with Crippen LogP contribution in [0.15, 0.2) is 60.7 Å². The molecule has 0 bridgehead atoms. The number of aliphatic hydroxyl groups excluding tert-OH is 1. The van der Waals surface area contributed by atoms with Crippen LogP contribution in [-0.2, 0) is 9.53 Å². The molecule has 2 aromatic rings. The number of ether oxygens (including phenoxy) is 1. The summed E-state index contributed by atoms with van der Waals surface area (Å²) in [5.41, 5.74) is -0.579. The van der Waals surface area contributed by atoms with Crippen LogP contribution in [0.4, 0.5) is 0 Å². The molecule has 1 aliphatic carbocycles. The van der Waals surface area contributed by atoms with Gasteiger partial charge in [-0.15, -0.1) is 0 Å². The molecule has 0 aliphatic heterocycles. The molecule has 1 saturated carbocycles. The molecule has 0 heterocycles. The minimum Gasteiger partial charge on any atom is -0.394 e. The molecule has 1 aliphatic rings. The summed E-state index contributed by atoms with van der Waals surface area (Å²) in [6.07, 6.45) is 0.710. The number of carbonyl (C=O) groups excluding carboxylic acids is 1. The van der Waals surface area contributed by atoms with Gasteiger partial charge >= 0.3 is 0 Å². The molecule has 1 fully saturated rings. The first-order chi connectivity index (χ1) is 13.3. The van der Waals surface area contributed by atoms with Gasteiger partial charge in [0.2, 0.25) is 0 Å². The molecule has 0 radical (unpaired) electrons. The average Bonchev–Trinajstić information content (AvgIpc) is 2.98. The van der Waals surface area contributed by atoms with E-state index in [9.17, 15) is 9.90 Å². The van der Waals surface area contributed by atoms with Crippen molar-refractivity contribution in [3.05, 3.63) is 60.7 Å². The van der Waals surface area contributed by atoms with E-state index >= 15 is 0 Å². The van der Waals surface area contributed by atoms with Crippen molar-refractivity contribution in [1.29, 1.82) is 0 Å². The van der Waals surface area contributed by atoms with E-state index < -0.39 is 13.7 Å². The van der Waals surface area contributed by atoms with Gasteiger partial charge in [0.1, 0.15) is 13.9 Å². The van der Waals surface area contributed by atoms with E-state index in [1.165, 1.54) is 10.4 Å². The Morgan fingerprint density at radius 2 is 1.57 bits per heavy atom. The Morgan fingerprint density at radius 1 is 1.07 bits per heavy atom. The maximum absolute atomic E-state index is 13.8. The molecule has 3 atom stereocenters. The predicted octanol–water partition coefficient (Wildman–Crippen LogP) is 3.26. The van der Waals surface area contributed by atoms with Crippen LogP contribution in [0.2, 0.25) is 12.1 Å². The van der Waals surface area contributed by atoms with E-state index in [2.05, 4.69) is 75.8 Å². The molecule has 28 heavy (non-hydrogen) atoms. The van der Waals surface area contributed by atoms with Crippen LogP contribution in [-0.4, -0.2) is 37.8 Å². The van der Waals surface area contributed by atoms with E-state index in [4.69, 9.17) is 4.74 Å². The quantitative estimate of drug-likeness (QED) is 0.731. The highest BCUT2D eigenvalue weighted by molar-refractivity contribution is 7.04. The summed E-state index contributed by atoms with van der Waals surface area (Å²) < 4.78 is 6.13. The number of Topliss-reactive ketones (excluding diaryl/α,β-unsaturated/α-hetero) is 1. The van der Waals surface area contributed by atoms with Gasteiger partial charge in [0.05, 0.1) is 18.8 Å². The van der Waals surface area contributed by atoms with Gasteiger partial charge in [-0.25, -0.2) is 0 Å². The third-order valence-corrected chi connectivity index (χ3v) is 11.5. The van der Waals surface area contributed by atoms with Crippen LogP contribution in [0, 0.1) is 11.8 Å². The molecule has 0 spiro atoms. The van der Waals surface area contributed by atoms with Gasteiger partial charge in [-0.05, 0) is 19.3 Å². The molecule has 1 N–H and O–H groups in total. The fourth-order valence-corrected chi connectivity index (χ4v) is 9.71. The number of hydrogen-bond donors (Lipinski definition) is 1. The molecule has 3 rings (SSSR count). The molecular formula is C24H32O3Si. The fourth-order valence-electron chi connectivity index (χ4n) is 5.24. The van der Waals surface area contributed by atoms with Crippen molar-refractivity contribution >= 4 is 24.2 Å². The highest BCUT2D eigenvalue weighted by Crippen LogP contribution is 2.49. The highest BCUT2D eigenvalue weighted by Gasteiger charge is 2.58. The normalized spacial score (nSPS) is 25.4. The van der Waals surface area contributed by atoms with Crippen molar-refractivity contribution in [1.82, 2.24) is 0 Å². The van der Waals surface area contributed by atoms with Crippen LogP contribution in [0.1, 0.15) is 27.2 Å². The third kappa shape index (κ3) is 3.61. The average molecular weight is 397 g/mol. The lowest BCUT2D eigenvalue weighted by Crippen LogP contribution is -2.60. The molecule has 150 valence electrons. The fraction of sp³-hybridized carbons (Fsp3) is 0.458. The Balaban J connectivity index is 2.12. The molecule has 4 heteroatoms. The number of carbonyl (C=O) groups is 1. The number of aliphatic hydroxyl groups is 1. The second-order valence-electron chi connectivity index (χ2n) is 8.70. The van der Waals surface area contributed by atoms with Crippen molar-refractivity contribution in [2.75, 3.05) is 13.2 Å². The molecular weight excluding hydrogens is 364 g/mol. The van der Waals surface area contributed by atoms with Gasteiger partial charge in [0.15, 0.2) is 0 Å². The summed E-state index contributed by atoms with van der Waals surface area (Å²) in [4.78, 5) is 13.8. The van der Waals surface area contributed by atoms with Gasteiger partial charge in [-0.3, -0.25) is 4.79 Å². The first-order valence-corrected chi connectivity index (χ1v) is 12.8. The topological polar surface area (TPSA) is 46.5 Å². The van der Waals surface area contributed by atoms with Gasteiger partial charge in [-0.1, -0.05) is 91.4 Å². The van der Waals surface area contributed by atoms with Gasteiger partial charge in [0, 0.05) is 11.5 Å². The van der Waals surface area contributed by atoms with E-state index in [-0.39, 0.29) is 30.6 Å². The Bertz CT molecular complexity index is 751. The van der Waals surface area contributed by atoms with Crippen molar-refractivity contribution in [2.24, 2.45) is 11.8 Å². The maximum Gasteiger partial charge on any atom is 0.140 e. The van der Waals surface area contributed by atoms with Gasteiger partial charge < -0.3 is 9.84 Å². The van der Waals surface area contributed by atoms with Crippen LogP contribution >= 0.6 is 0 Å². The maximum atomic E-state index is 13.8. The lowest BCUT2D eigenvalue weighted by Gasteiger charge is -2.35. The van der Waals surface area contributed by atoms with E-state index in [1.807, 2.05) is 12.1 Å². The summed E-state index contributed by atoms with van der Waals surface area (Å²) in [6, 6.07) is 21.1. The van der Waals surface area contributed by atoms with Crippen molar-refractivity contribution in [3.8, 4) is 0 Å². The summed E-state index contributed by atoms with van der Waals surface area (Å²) in [7, 11) is -2.34. The van der Waals surface area contributed by atoms with Crippen LogP contribution in [0.5, 0.6) is 0 Å². The minimum atomic E-state index is -2.34. The van der Waals surface area contributed by atoms with Gasteiger partial charge in [-0.2, -0.15) is 0 Å². The van der Waals surface area contributed by atoms with E-state index in [1.54, 1.807) is 0 Å². The third-order valence-electron chi connectivity index (χ3n) is 6.55. The largest absolute Gasteiger partial charge is 0.394 e. The van der Waals surface area contributed by atoms with Crippen molar-refractivity contribution in [3.63, 3.8) is 0 Å². The molecule has 0 unspecified atom stereocenters. The second kappa shape index (κ2) is 8.32. The summed E-state index contributed by atoms with van der Waals surface area (Å²) in [6.45, 7) is 8.86. The Kier molecular flexibility index (Phi) is 6.23. The monoisotopic (exact) mass is 396 g/mol. The SMILES string of the molecule is CC(C)[C@@H]1C(=O)[C@H]([Si](C)(c2ccccc2)c2ccccc2)C[C@]1(C)OCCO. The lowest BCUT2D eigenvalue weighted by molar-refractivity contribution is -0.131. The summed E-state index contributed by atoms with van der Waals surface area (Å²) in [5.74, 6) is 0.381. The molecule has 2 aromatic carbocycles. The zero-order valence-electron chi connectivity index (χ0n) is 17.4. The minimum absolute atomic E-state index is 0.0225. The first kappa shape index (κ1) is 21.0. The summed E-state index contributed by atoms with van der Waals surface area (Å²) >= 11 is 0. The van der Waals surface area contributed by atoms with Crippen LogP contribution in [0.3, 0.4) is 0 Å². The molecule has 0 saturated heterocycles. The number of ketones is 1. The number of benzene rings is 2. The lowest BCUT2D eigenvalue weighted by atomic mass is 9.83. The molecule has 0 amide bonds. The Labute approximate surface area is 169 Å². The zero-order valence-corrected chi connectivity index (χ0v) is 18.4. The first-order valence-electron chi connectivity index (χ1n) is 10.2. The number of rotatable bonds is 7. The second-order valence-corrected chi connectivity index (χ2v) is 13.0. The van der Waals surface area contributed by atoms with Crippen molar-refractivity contribution in [2.45, 2.75) is 44.9 Å². The van der Waals surface area contributed by atoms with Crippen LogP contribution in [0.25, 0.3) is 0 Å². The van der Waals surface area contributed by atoms with Crippen LogP contribution < -0.4 is 10.4 Å². The Hall–Kier alpha value is -1.75. The molecule has 0 aromatic heterocycles. The molecule has 3 nitrogen and oxygen atoms in total. The van der Waals surface area contributed by atoms with E-state index in [0.29, 0.717) is 12.2 Å². The van der Waals surface area contributed by atoms with E-state index in [0.717, 1.165) is 0 Å². The smallest absolute Gasteiger partial charge is 0.140 e.